The second kappa shape index (κ2) is 7.06. The Bertz CT molecular complexity index is 497. The summed E-state index contributed by atoms with van der Waals surface area (Å²) in [5, 5.41) is 3.47. The topological polar surface area (TPSA) is 46.2 Å². The van der Waals surface area contributed by atoms with Crippen molar-refractivity contribution in [2.45, 2.75) is 44.6 Å². The zero-order valence-corrected chi connectivity index (χ0v) is 13.1. The van der Waals surface area contributed by atoms with Crippen LogP contribution in [0.1, 0.15) is 45.2 Å². The van der Waals surface area contributed by atoms with Gasteiger partial charge >= 0.3 is 0 Å². The van der Waals surface area contributed by atoms with Crippen molar-refractivity contribution in [1.82, 2.24) is 5.32 Å². The van der Waals surface area contributed by atoms with Gasteiger partial charge in [0.1, 0.15) is 0 Å². The van der Waals surface area contributed by atoms with E-state index < -0.39 is 9.84 Å². The van der Waals surface area contributed by atoms with E-state index in [0.717, 1.165) is 24.9 Å². The van der Waals surface area contributed by atoms with E-state index in [1.165, 1.54) is 6.26 Å². The Kier molecular flexibility index (Phi) is 6.01. The summed E-state index contributed by atoms with van der Waals surface area (Å²) >= 11 is 0. The van der Waals surface area contributed by atoms with Crippen molar-refractivity contribution in [2.75, 3.05) is 12.8 Å². The van der Waals surface area contributed by atoms with E-state index in [4.69, 9.17) is 0 Å². The molecule has 0 aliphatic rings. The molecule has 1 N–H and O–H groups in total. The Labute approximate surface area is 117 Å². The Morgan fingerprint density at radius 1 is 1.26 bits per heavy atom. The maximum absolute atomic E-state index is 11.6. The molecule has 2 atom stereocenters. The standard InChI is InChI=1S/C15H25NO2S/c1-5-8-12(3)15(16-6-2)13-9-7-10-14(11-13)19(4,17)18/h7,9-12,15-16H,5-6,8H2,1-4H3. The summed E-state index contributed by atoms with van der Waals surface area (Å²) in [6, 6.07) is 7.51. The van der Waals surface area contributed by atoms with Gasteiger partial charge in [-0.3, -0.25) is 0 Å². The Hall–Kier alpha value is -0.870. The second-order valence-corrected chi connectivity index (χ2v) is 7.16. The number of sulfone groups is 1. The summed E-state index contributed by atoms with van der Waals surface area (Å²) in [6.45, 7) is 7.34. The van der Waals surface area contributed by atoms with E-state index >= 15 is 0 Å². The zero-order valence-electron chi connectivity index (χ0n) is 12.3. The van der Waals surface area contributed by atoms with E-state index in [9.17, 15) is 8.42 Å². The summed E-state index contributed by atoms with van der Waals surface area (Å²) in [4.78, 5) is 0.400. The molecule has 19 heavy (non-hydrogen) atoms. The molecule has 0 amide bonds. The van der Waals surface area contributed by atoms with Crippen LogP contribution in [0.5, 0.6) is 0 Å². The summed E-state index contributed by atoms with van der Waals surface area (Å²) in [5.74, 6) is 0.486. The van der Waals surface area contributed by atoms with Crippen LogP contribution in [0, 0.1) is 5.92 Å². The fourth-order valence-electron chi connectivity index (χ4n) is 2.43. The molecule has 0 aliphatic heterocycles. The molecule has 1 rings (SSSR count). The molecule has 0 bridgehead atoms. The first kappa shape index (κ1) is 16.2. The lowest BCUT2D eigenvalue weighted by Gasteiger charge is -2.25. The maximum Gasteiger partial charge on any atom is 0.175 e. The number of benzene rings is 1. The van der Waals surface area contributed by atoms with Crippen molar-refractivity contribution >= 4 is 9.84 Å². The van der Waals surface area contributed by atoms with Crippen molar-refractivity contribution in [2.24, 2.45) is 5.92 Å². The molecular weight excluding hydrogens is 258 g/mol. The minimum atomic E-state index is -3.14. The molecule has 0 heterocycles. The molecule has 108 valence electrons. The third kappa shape index (κ3) is 4.62. The smallest absolute Gasteiger partial charge is 0.175 e. The van der Waals surface area contributed by atoms with Crippen LogP contribution < -0.4 is 5.32 Å². The molecule has 3 nitrogen and oxygen atoms in total. The van der Waals surface area contributed by atoms with Gasteiger partial charge in [0.25, 0.3) is 0 Å². The molecule has 1 aromatic carbocycles. The Morgan fingerprint density at radius 3 is 2.47 bits per heavy atom. The lowest BCUT2D eigenvalue weighted by Crippen LogP contribution is -2.27. The van der Waals surface area contributed by atoms with Crippen LogP contribution in [0.3, 0.4) is 0 Å². The molecule has 0 spiro atoms. The third-order valence-electron chi connectivity index (χ3n) is 3.38. The van der Waals surface area contributed by atoms with Crippen LogP contribution in [0.2, 0.25) is 0 Å². The molecule has 1 aromatic rings. The van der Waals surface area contributed by atoms with Crippen molar-refractivity contribution in [3.05, 3.63) is 29.8 Å². The van der Waals surface area contributed by atoms with Crippen molar-refractivity contribution in [1.29, 1.82) is 0 Å². The van der Waals surface area contributed by atoms with Crippen LogP contribution in [-0.4, -0.2) is 21.2 Å². The van der Waals surface area contributed by atoms with Crippen LogP contribution in [0.15, 0.2) is 29.2 Å². The Morgan fingerprint density at radius 2 is 1.95 bits per heavy atom. The maximum atomic E-state index is 11.6. The lowest BCUT2D eigenvalue weighted by molar-refractivity contribution is 0.369. The molecule has 2 unspecified atom stereocenters. The molecule has 0 aromatic heterocycles. The fraction of sp³-hybridized carbons (Fsp3) is 0.600. The SMILES string of the molecule is CCCC(C)C(NCC)c1cccc(S(C)(=O)=O)c1. The number of hydrogen-bond acceptors (Lipinski definition) is 3. The van der Waals surface area contributed by atoms with E-state index in [1.807, 2.05) is 12.1 Å². The van der Waals surface area contributed by atoms with E-state index in [0.29, 0.717) is 10.8 Å². The first-order valence-corrected chi connectivity index (χ1v) is 8.82. The molecule has 0 fully saturated rings. The van der Waals surface area contributed by atoms with Gasteiger partial charge in [-0.1, -0.05) is 39.3 Å². The summed E-state index contributed by atoms with van der Waals surface area (Å²) in [5.41, 5.74) is 1.06. The Balaban J connectivity index is 3.09. The largest absolute Gasteiger partial charge is 0.310 e. The fourth-order valence-corrected chi connectivity index (χ4v) is 3.10. The minimum Gasteiger partial charge on any atom is -0.310 e. The number of rotatable bonds is 7. The lowest BCUT2D eigenvalue weighted by atomic mass is 9.91. The molecule has 0 radical (unpaired) electrons. The molecule has 0 aliphatic carbocycles. The van der Waals surface area contributed by atoms with Gasteiger partial charge in [0.05, 0.1) is 4.90 Å². The van der Waals surface area contributed by atoms with Gasteiger partial charge in [0, 0.05) is 12.3 Å². The molecular formula is C15H25NO2S. The van der Waals surface area contributed by atoms with E-state index in [2.05, 4.69) is 26.1 Å². The van der Waals surface area contributed by atoms with Gasteiger partial charge in [-0.15, -0.1) is 0 Å². The molecule has 0 saturated heterocycles. The summed E-state index contributed by atoms with van der Waals surface area (Å²) in [7, 11) is -3.14. The van der Waals surface area contributed by atoms with Gasteiger partial charge in [-0.25, -0.2) is 8.42 Å². The van der Waals surface area contributed by atoms with Gasteiger partial charge in [0.2, 0.25) is 0 Å². The van der Waals surface area contributed by atoms with Crippen molar-refractivity contribution in [3.8, 4) is 0 Å². The first-order valence-electron chi connectivity index (χ1n) is 6.93. The van der Waals surface area contributed by atoms with E-state index in [-0.39, 0.29) is 6.04 Å². The van der Waals surface area contributed by atoms with Gasteiger partial charge in [-0.2, -0.15) is 0 Å². The van der Waals surface area contributed by atoms with Gasteiger partial charge in [-0.05, 0) is 36.6 Å². The quantitative estimate of drug-likeness (QED) is 0.836. The normalized spacial score (nSPS) is 15.2. The monoisotopic (exact) mass is 283 g/mol. The second-order valence-electron chi connectivity index (χ2n) is 5.15. The predicted molar refractivity (Wildman–Crippen MR) is 80.0 cm³/mol. The van der Waals surface area contributed by atoms with Crippen molar-refractivity contribution in [3.63, 3.8) is 0 Å². The third-order valence-corrected chi connectivity index (χ3v) is 4.49. The minimum absolute atomic E-state index is 0.214. The highest BCUT2D eigenvalue weighted by atomic mass is 32.2. The van der Waals surface area contributed by atoms with Crippen LogP contribution in [-0.2, 0) is 9.84 Å². The average Bonchev–Trinajstić information content (AvgIpc) is 2.35. The van der Waals surface area contributed by atoms with Gasteiger partial charge in [0.15, 0.2) is 9.84 Å². The van der Waals surface area contributed by atoms with E-state index in [1.54, 1.807) is 12.1 Å². The highest BCUT2D eigenvalue weighted by molar-refractivity contribution is 7.90. The van der Waals surface area contributed by atoms with Gasteiger partial charge < -0.3 is 5.32 Å². The van der Waals surface area contributed by atoms with Crippen LogP contribution >= 0.6 is 0 Å². The summed E-state index contributed by atoms with van der Waals surface area (Å²) < 4.78 is 23.3. The predicted octanol–water partition coefficient (Wildman–Crippen LogP) is 3.18. The number of hydrogen-bond donors (Lipinski definition) is 1. The average molecular weight is 283 g/mol. The number of nitrogens with one attached hydrogen (secondary N) is 1. The molecule has 4 heteroatoms. The highest BCUT2D eigenvalue weighted by Crippen LogP contribution is 2.27. The zero-order chi connectivity index (χ0) is 14.5. The van der Waals surface area contributed by atoms with Crippen LogP contribution in [0.25, 0.3) is 0 Å². The first-order chi connectivity index (χ1) is 8.90. The highest BCUT2D eigenvalue weighted by Gasteiger charge is 2.19. The summed E-state index contributed by atoms with van der Waals surface area (Å²) in [6.07, 6.45) is 3.51. The molecule has 0 saturated carbocycles. The van der Waals surface area contributed by atoms with Crippen LogP contribution in [0.4, 0.5) is 0 Å². The van der Waals surface area contributed by atoms with Crippen molar-refractivity contribution < 1.29 is 8.42 Å².